The number of nitrogens with two attached hydrogens (primary N) is 1. The van der Waals surface area contributed by atoms with E-state index < -0.39 is 0 Å². The van der Waals surface area contributed by atoms with Gasteiger partial charge in [-0.1, -0.05) is 5.16 Å². The van der Waals surface area contributed by atoms with Crippen LogP contribution in [0.25, 0.3) is 11.5 Å². The Labute approximate surface area is 103 Å². The fraction of sp³-hybridized carbons (Fsp3) is 0.455. The Balaban J connectivity index is 1.78. The summed E-state index contributed by atoms with van der Waals surface area (Å²) in [5, 5.41) is 3.89. The third-order valence-corrected chi connectivity index (χ3v) is 2.90. The van der Waals surface area contributed by atoms with Crippen LogP contribution in [0.3, 0.4) is 0 Å². The van der Waals surface area contributed by atoms with E-state index in [9.17, 15) is 0 Å². The number of rotatable bonds is 3. The highest BCUT2D eigenvalue weighted by molar-refractivity contribution is 5.46. The highest BCUT2D eigenvalue weighted by Gasteiger charge is 2.30. The lowest BCUT2D eigenvalue weighted by Crippen LogP contribution is -2.18. The molecule has 2 unspecified atom stereocenters. The quantitative estimate of drug-likeness (QED) is 0.852. The first-order valence-corrected chi connectivity index (χ1v) is 5.82. The average Bonchev–Trinajstić information content (AvgIpc) is 3.08. The van der Waals surface area contributed by atoms with Crippen LogP contribution in [-0.4, -0.2) is 32.8 Å². The molecule has 1 aliphatic heterocycles. The van der Waals surface area contributed by atoms with Crippen molar-refractivity contribution in [2.75, 3.05) is 6.54 Å². The lowest BCUT2D eigenvalue weighted by molar-refractivity contribution is 0.0307. The molecule has 1 fully saturated rings. The van der Waals surface area contributed by atoms with Gasteiger partial charge in [0.05, 0.1) is 6.10 Å². The van der Waals surface area contributed by atoms with Crippen LogP contribution in [0.2, 0.25) is 0 Å². The van der Waals surface area contributed by atoms with E-state index in [4.69, 9.17) is 15.0 Å². The predicted molar refractivity (Wildman–Crippen MR) is 61.2 cm³/mol. The van der Waals surface area contributed by atoms with Gasteiger partial charge in [0.15, 0.2) is 0 Å². The van der Waals surface area contributed by atoms with Crippen LogP contribution in [-0.2, 0) is 4.74 Å². The van der Waals surface area contributed by atoms with E-state index in [1.807, 2.05) is 0 Å². The SMILES string of the molecule is NCC1CCC(c2nc(-c3ccncn3)no2)O1. The number of nitrogens with zero attached hydrogens (tertiary/aromatic N) is 4. The molecule has 7 nitrogen and oxygen atoms in total. The van der Waals surface area contributed by atoms with Gasteiger partial charge in [0.25, 0.3) is 5.89 Å². The van der Waals surface area contributed by atoms with Crippen LogP contribution in [0.15, 0.2) is 23.1 Å². The molecule has 7 heteroatoms. The molecular weight excluding hydrogens is 234 g/mol. The Morgan fingerprint density at radius 2 is 2.33 bits per heavy atom. The van der Waals surface area contributed by atoms with Crippen LogP contribution in [0.4, 0.5) is 0 Å². The standard InChI is InChI=1S/C11H13N5O2/c12-5-7-1-2-9(17-7)11-15-10(16-18-11)8-3-4-13-6-14-8/h3-4,6-7,9H,1-2,5,12H2. The van der Waals surface area contributed by atoms with E-state index in [2.05, 4.69) is 20.1 Å². The highest BCUT2D eigenvalue weighted by Crippen LogP contribution is 2.31. The molecule has 0 aromatic carbocycles. The first-order valence-electron chi connectivity index (χ1n) is 5.82. The third kappa shape index (κ3) is 2.09. The normalized spacial score (nSPS) is 23.4. The second-order valence-corrected chi connectivity index (χ2v) is 4.11. The minimum absolute atomic E-state index is 0.0874. The van der Waals surface area contributed by atoms with Gasteiger partial charge in [0.1, 0.15) is 18.1 Å². The highest BCUT2D eigenvalue weighted by atomic mass is 16.5. The van der Waals surface area contributed by atoms with Gasteiger partial charge in [-0.15, -0.1) is 0 Å². The summed E-state index contributed by atoms with van der Waals surface area (Å²) in [4.78, 5) is 12.2. The van der Waals surface area contributed by atoms with Gasteiger partial charge in [0, 0.05) is 12.7 Å². The minimum atomic E-state index is -0.151. The number of hydrogen-bond donors (Lipinski definition) is 1. The van der Waals surface area contributed by atoms with E-state index in [1.165, 1.54) is 6.33 Å². The van der Waals surface area contributed by atoms with Crippen LogP contribution in [0.1, 0.15) is 24.8 Å². The first-order chi connectivity index (χ1) is 8.86. The number of aromatic nitrogens is 4. The Kier molecular flexibility index (Phi) is 2.99. The molecule has 18 heavy (non-hydrogen) atoms. The minimum Gasteiger partial charge on any atom is -0.364 e. The molecule has 0 amide bonds. The second kappa shape index (κ2) is 4.79. The first kappa shape index (κ1) is 11.2. The van der Waals surface area contributed by atoms with Crippen LogP contribution >= 0.6 is 0 Å². The molecular formula is C11H13N5O2. The van der Waals surface area contributed by atoms with Gasteiger partial charge in [-0.2, -0.15) is 4.98 Å². The average molecular weight is 247 g/mol. The predicted octanol–water partition coefficient (Wildman–Crippen LogP) is 0.705. The van der Waals surface area contributed by atoms with Crippen molar-refractivity contribution in [2.45, 2.75) is 25.0 Å². The molecule has 3 heterocycles. The van der Waals surface area contributed by atoms with Crippen molar-refractivity contribution in [3.05, 3.63) is 24.5 Å². The Morgan fingerprint density at radius 3 is 3.06 bits per heavy atom. The fourth-order valence-corrected chi connectivity index (χ4v) is 1.95. The lowest BCUT2D eigenvalue weighted by atomic mass is 10.2. The molecule has 0 radical (unpaired) electrons. The van der Waals surface area contributed by atoms with E-state index in [1.54, 1.807) is 12.3 Å². The summed E-state index contributed by atoms with van der Waals surface area (Å²) in [6, 6.07) is 1.73. The Hall–Kier alpha value is -1.86. The van der Waals surface area contributed by atoms with Crippen LogP contribution in [0, 0.1) is 0 Å². The summed E-state index contributed by atoms with van der Waals surface area (Å²) in [5.41, 5.74) is 6.19. The zero-order chi connectivity index (χ0) is 12.4. The summed E-state index contributed by atoms with van der Waals surface area (Å²) >= 11 is 0. The van der Waals surface area contributed by atoms with Crippen molar-refractivity contribution in [3.8, 4) is 11.5 Å². The summed E-state index contributed by atoms with van der Waals surface area (Å²) < 4.78 is 10.9. The monoisotopic (exact) mass is 247 g/mol. The second-order valence-electron chi connectivity index (χ2n) is 4.11. The van der Waals surface area contributed by atoms with Gasteiger partial charge < -0.3 is 15.0 Å². The maximum Gasteiger partial charge on any atom is 0.256 e. The van der Waals surface area contributed by atoms with E-state index in [0.29, 0.717) is 24.0 Å². The molecule has 1 aliphatic rings. The maximum absolute atomic E-state index is 5.69. The van der Waals surface area contributed by atoms with Gasteiger partial charge in [-0.25, -0.2) is 9.97 Å². The van der Waals surface area contributed by atoms with Gasteiger partial charge in [0.2, 0.25) is 5.82 Å². The molecule has 0 bridgehead atoms. The molecule has 94 valence electrons. The molecule has 3 rings (SSSR count). The molecule has 1 saturated heterocycles. The number of hydrogen-bond acceptors (Lipinski definition) is 7. The smallest absolute Gasteiger partial charge is 0.256 e. The van der Waals surface area contributed by atoms with Gasteiger partial charge in [-0.3, -0.25) is 0 Å². The fourth-order valence-electron chi connectivity index (χ4n) is 1.95. The van der Waals surface area contributed by atoms with E-state index in [0.717, 1.165) is 12.8 Å². The molecule has 2 atom stereocenters. The van der Waals surface area contributed by atoms with Gasteiger partial charge >= 0.3 is 0 Å². The summed E-state index contributed by atoms with van der Waals surface area (Å²) in [6.45, 7) is 0.517. The molecule has 2 aromatic rings. The molecule has 0 aliphatic carbocycles. The van der Waals surface area contributed by atoms with Crippen LogP contribution in [0.5, 0.6) is 0 Å². The number of ether oxygens (including phenoxy) is 1. The molecule has 0 spiro atoms. The van der Waals surface area contributed by atoms with Crippen molar-refractivity contribution in [3.63, 3.8) is 0 Å². The molecule has 2 aromatic heterocycles. The maximum atomic E-state index is 5.69. The zero-order valence-electron chi connectivity index (χ0n) is 9.69. The Morgan fingerprint density at radius 1 is 1.39 bits per heavy atom. The summed E-state index contributed by atoms with van der Waals surface area (Å²) in [5.74, 6) is 0.937. The van der Waals surface area contributed by atoms with E-state index in [-0.39, 0.29) is 12.2 Å². The topological polar surface area (TPSA) is 100.0 Å². The van der Waals surface area contributed by atoms with E-state index >= 15 is 0 Å². The third-order valence-electron chi connectivity index (χ3n) is 2.90. The largest absolute Gasteiger partial charge is 0.364 e. The van der Waals surface area contributed by atoms with Crippen molar-refractivity contribution in [2.24, 2.45) is 5.73 Å². The summed E-state index contributed by atoms with van der Waals surface area (Å²) in [6.07, 6.45) is 4.79. The molecule has 2 N–H and O–H groups in total. The van der Waals surface area contributed by atoms with Crippen LogP contribution < -0.4 is 5.73 Å². The van der Waals surface area contributed by atoms with Crippen molar-refractivity contribution < 1.29 is 9.26 Å². The van der Waals surface area contributed by atoms with Gasteiger partial charge in [-0.05, 0) is 18.9 Å². The Bertz CT molecular complexity index is 515. The molecule has 0 saturated carbocycles. The summed E-state index contributed by atoms with van der Waals surface area (Å²) in [7, 11) is 0. The zero-order valence-corrected chi connectivity index (χ0v) is 9.69. The lowest BCUT2D eigenvalue weighted by Gasteiger charge is -2.07. The van der Waals surface area contributed by atoms with Crippen molar-refractivity contribution in [1.29, 1.82) is 0 Å². The van der Waals surface area contributed by atoms with Crippen molar-refractivity contribution in [1.82, 2.24) is 20.1 Å². The van der Waals surface area contributed by atoms with Crippen molar-refractivity contribution >= 4 is 0 Å².